The van der Waals surface area contributed by atoms with Crippen LogP contribution in [-0.4, -0.2) is 84.8 Å². The number of nitrogens with zero attached hydrogens (tertiary/aromatic N) is 2. The highest BCUT2D eigenvalue weighted by Crippen LogP contribution is 2.42. The van der Waals surface area contributed by atoms with Gasteiger partial charge in [-0.2, -0.15) is 0 Å². The van der Waals surface area contributed by atoms with Crippen molar-refractivity contribution < 1.29 is 28.9 Å². The van der Waals surface area contributed by atoms with E-state index in [2.05, 4.69) is 0 Å². The maximum absolute atomic E-state index is 14.7. The zero-order valence-electron chi connectivity index (χ0n) is 20.8. The third kappa shape index (κ3) is 6.25. The largest absolute Gasteiger partial charge is 0.508 e. The summed E-state index contributed by atoms with van der Waals surface area (Å²) in [6, 6.07) is 10.9. The van der Waals surface area contributed by atoms with Crippen LogP contribution in [0.3, 0.4) is 0 Å². The molecule has 1 unspecified atom stereocenters. The Morgan fingerprint density at radius 1 is 1.20 bits per heavy atom. The van der Waals surface area contributed by atoms with Gasteiger partial charge in [0.2, 0.25) is 5.91 Å². The molecule has 1 aliphatic rings. The number of phenols is 1. The number of aliphatic hydroxyl groups excluding tert-OH is 1. The number of benzene rings is 2. The number of halogens is 1. The fraction of sp³-hybridized carbons (Fsp3) is 0.481. The van der Waals surface area contributed by atoms with Gasteiger partial charge in [0.05, 0.1) is 18.6 Å². The SMILES string of the molecule is COCCN1C[C@H](C(=O)c2cccc(O)c2)[C@@H](c2cccc(F)c2C)[C@H](C(=O)N(C)CC(C)O)C1. The van der Waals surface area contributed by atoms with E-state index in [1.54, 1.807) is 52.3 Å². The zero-order valence-corrected chi connectivity index (χ0v) is 20.8. The number of aliphatic hydroxyl groups is 1. The first kappa shape index (κ1) is 26.8. The van der Waals surface area contributed by atoms with Crippen LogP contribution >= 0.6 is 0 Å². The number of aromatic hydroxyl groups is 1. The topological polar surface area (TPSA) is 90.3 Å². The minimum atomic E-state index is -0.712. The van der Waals surface area contributed by atoms with E-state index < -0.39 is 29.7 Å². The van der Waals surface area contributed by atoms with Crippen LogP contribution in [0.4, 0.5) is 4.39 Å². The summed E-state index contributed by atoms with van der Waals surface area (Å²) in [6.45, 7) is 5.11. The van der Waals surface area contributed by atoms with Gasteiger partial charge in [-0.05, 0) is 43.2 Å². The smallest absolute Gasteiger partial charge is 0.227 e. The predicted molar refractivity (Wildman–Crippen MR) is 131 cm³/mol. The number of methoxy groups -OCH3 is 1. The monoisotopic (exact) mass is 486 g/mol. The average Bonchev–Trinajstić information content (AvgIpc) is 2.82. The van der Waals surface area contributed by atoms with Crippen LogP contribution in [0.15, 0.2) is 42.5 Å². The van der Waals surface area contributed by atoms with Crippen LogP contribution in [0.25, 0.3) is 0 Å². The molecule has 2 aromatic carbocycles. The van der Waals surface area contributed by atoms with Crippen LogP contribution in [0.5, 0.6) is 5.75 Å². The van der Waals surface area contributed by atoms with Crippen LogP contribution in [0.1, 0.15) is 34.3 Å². The van der Waals surface area contributed by atoms with Crippen molar-refractivity contribution in [3.05, 3.63) is 65.0 Å². The number of likely N-dealkylation sites (tertiary alicyclic amines) is 1. The Morgan fingerprint density at radius 3 is 2.54 bits per heavy atom. The third-order valence-electron chi connectivity index (χ3n) is 6.76. The molecule has 0 saturated carbocycles. The Labute approximate surface area is 206 Å². The molecule has 0 aliphatic carbocycles. The standard InChI is InChI=1S/C27H35FN2O5/c1-17(31)14-29(3)27(34)23-16-30(11-12-35-4)15-22(26(33)19-7-5-8-20(32)13-19)25(23)21-9-6-10-24(28)18(21)2/h5-10,13,17,22-23,25,31-32H,11-12,14-16H2,1-4H3/t17?,22-,23+,25+/m0/s1. The molecule has 3 rings (SSSR count). The fourth-order valence-electron chi connectivity index (χ4n) is 5.08. The average molecular weight is 487 g/mol. The number of Topliss-reactive ketones (excluding diaryl/α,β-unsaturated/α-hetero) is 1. The molecule has 2 aromatic rings. The van der Waals surface area contributed by atoms with Crippen molar-refractivity contribution in [2.75, 3.05) is 46.9 Å². The molecule has 0 radical (unpaired) electrons. The number of ketones is 1. The number of carbonyl (C=O) groups is 2. The summed E-state index contributed by atoms with van der Waals surface area (Å²) in [5.74, 6) is -2.72. The molecule has 8 heteroatoms. The highest BCUT2D eigenvalue weighted by Gasteiger charge is 2.46. The second kappa shape index (κ2) is 11.7. The molecular weight excluding hydrogens is 451 g/mol. The normalized spacial score (nSPS) is 21.5. The van der Waals surface area contributed by atoms with Crippen LogP contribution in [0.2, 0.25) is 0 Å². The van der Waals surface area contributed by atoms with Crippen molar-refractivity contribution >= 4 is 11.7 Å². The molecule has 0 aromatic heterocycles. The van der Waals surface area contributed by atoms with Gasteiger partial charge >= 0.3 is 0 Å². The lowest BCUT2D eigenvalue weighted by molar-refractivity contribution is -0.138. The number of amides is 1. The number of hydrogen-bond donors (Lipinski definition) is 2. The number of hydrogen-bond acceptors (Lipinski definition) is 6. The van der Waals surface area contributed by atoms with Gasteiger partial charge in [0, 0.05) is 57.7 Å². The van der Waals surface area contributed by atoms with Crippen LogP contribution in [0, 0.1) is 24.6 Å². The summed E-state index contributed by atoms with van der Waals surface area (Å²) < 4.78 is 19.9. The maximum atomic E-state index is 14.7. The molecule has 1 amide bonds. The highest BCUT2D eigenvalue weighted by molar-refractivity contribution is 5.99. The zero-order chi connectivity index (χ0) is 25.7. The summed E-state index contributed by atoms with van der Waals surface area (Å²) in [5.41, 5.74) is 1.37. The summed E-state index contributed by atoms with van der Waals surface area (Å²) >= 11 is 0. The Balaban J connectivity index is 2.12. The van der Waals surface area contributed by atoms with E-state index in [9.17, 15) is 24.2 Å². The molecule has 4 atom stereocenters. The van der Waals surface area contributed by atoms with E-state index in [0.29, 0.717) is 42.9 Å². The molecule has 1 aliphatic heterocycles. The second-order valence-electron chi connectivity index (χ2n) is 9.43. The maximum Gasteiger partial charge on any atom is 0.227 e. The van der Waals surface area contributed by atoms with Crippen molar-refractivity contribution in [1.29, 1.82) is 0 Å². The minimum Gasteiger partial charge on any atom is -0.508 e. The molecule has 1 fully saturated rings. The van der Waals surface area contributed by atoms with Gasteiger partial charge in [-0.25, -0.2) is 4.39 Å². The minimum absolute atomic E-state index is 0.0225. The van der Waals surface area contributed by atoms with Crippen molar-refractivity contribution in [1.82, 2.24) is 9.80 Å². The first-order chi connectivity index (χ1) is 16.6. The number of ether oxygens (including phenoxy) is 1. The van der Waals surface area contributed by atoms with Gasteiger partial charge in [0.15, 0.2) is 5.78 Å². The first-order valence-electron chi connectivity index (χ1n) is 11.9. The fourth-order valence-corrected chi connectivity index (χ4v) is 5.08. The van der Waals surface area contributed by atoms with E-state index in [1.165, 1.54) is 23.1 Å². The predicted octanol–water partition coefficient (Wildman–Crippen LogP) is 2.84. The molecule has 1 heterocycles. The first-order valence-corrected chi connectivity index (χ1v) is 11.9. The van der Waals surface area contributed by atoms with Gasteiger partial charge in [-0.15, -0.1) is 0 Å². The number of phenolic OH excluding ortho intramolecular Hbond substituents is 1. The molecular formula is C27H35FN2O5. The lowest BCUT2D eigenvalue weighted by atomic mass is 9.69. The van der Waals surface area contributed by atoms with Crippen LogP contribution in [-0.2, 0) is 9.53 Å². The molecule has 7 nitrogen and oxygen atoms in total. The summed E-state index contributed by atoms with van der Waals surface area (Å²) in [5, 5.41) is 19.8. The van der Waals surface area contributed by atoms with Crippen molar-refractivity contribution in [3.63, 3.8) is 0 Å². The van der Waals surface area contributed by atoms with E-state index in [-0.39, 0.29) is 24.0 Å². The van der Waals surface area contributed by atoms with Crippen LogP contribution < -0.4 is 0 Å². The van der Waals surface area contributed by atoms with Gasteiger partial charge in [0.25, 0.3) is 0 Å². The number of piperidine rings is 1. The Hall–Kier alpha value is -2.81. The van der Waals surface area contributed by atoms with E-state index in [1.807, 2.05) is 4.90 Å². The van der Waals surface area contributed by atoms with E-state index >= 15 is 0 Å². The molecule has 2 N–H and O–H groups in total. The summed E-state index contributed by atoms with van der Waals surface area (Å²) in [4.78, 5) is 31.0. The van der Waals surface area contributed by atoms with E-state index in [0.717, 1.165) is 0 Å². The second-order valence-corrected chi connectivity index (χ2v) is 9.43. The van der Waals surface area contributed by atoms with Gasteiger partial charge in [-0.3, -0.25) is 14.5 Å². The quantitative estimate of drug-likeness (QED) is 0.530. The molecule has 1 saturated heterocycles. The molecule has 0 bridgehead atoms. The van der Waals surface area contributed by atoms with Crippen molar-refractivity contribution in [3.8, 4) is 5.75 Å². The lowest BCUT2D eigenvalue weighted by Gasteiger charge is -2.44. The molecule has 0 spiro atoms. The summed E-state index contributed by atoms with van der Waals surface area (Å²) in [6.07, 6.45) is -0.712. The van der Waals surface area contributed by atoms with Crippen molar-refractivity contribution in [2.24, 2.45) is 11.8 Å². The Kier molecular flexibility index (Phi) is 8.99. The third-order valence-corrected chi connectivity index (χ3v) is 6.76. The highest BCUT2D eigenvalue weighted by atomic mass is 19.1. The number of likely N-dealkylation sites (N-methyl/N-ethyl adjacent to an activating group) is 1. The van der Waals surface area contributed by atoms with Crippen molar-refractivity contribution in [2.45, 2.75) is 25.9 Å². The number of rotatable bonds is 9. The lowest BCUT2D eigenvalue weighted by Crippen LogP contribution is -2.54. The van der Waals surface area contributed by atoms with Gasteiger partial charge < -0.3 is 19.8 Å². The van der Waals surface area contributed by atoms with Gasteiger partial charge in [0.1, 0.15) is 11.6 Å². The molecule has 35 heavy (non-hydrogen) atoms. The van der Waals surface area contributed by atoms with Gasteiger partial charge in [-0.1, -0.05) is 24.3 Å². The van der Waals surface area contributed by atoms with E-state index in [4.69, 9.17) is 4.74 Å². The Bertz CT molecular complexity index is 1040. The number of carbonyl (C=O) groups excluding carboxylic acids is 2. The summed E-state index contributed by atoms with van der Waals surface area (Å²) in [7, 11) is 3.22. The Morgan fingerprint density at radius 2 is 1.89 bits per heavy atom. The molecule has 190 valence electrons.